The lowest BCUT2D eigenvalue weighted by Gasteiger charge is -2.21. The molecule has 0 bridgehead atoms. The molecule has 5 heteroatoms. The molecule has 28 heavy (non-hydrogen) atoms. The van der Waals surface area contributed by atoms with Crippen LogP contribution in [0.5, 0.6) is 0 Å². The van der Waals surface area contributed by atoms with Gasteiger partial charge >= 0.3 is 0 Å². The molecule has 0 radical (unpaired) electrons. The maximum absolute atomic E-state index is 13.0. The fraction of sp³-hybridized carbons (Fsp3) is 0.478. The topological polar surface area (TPSA) is 45.7 Å². The second-order valence-electron chi connectivity index (χ2n) is 7.62. The summed E-state index contributed by atoms with van der Waals surface area (Å²) in [6.07, 6.45) is 7.73. The van der Waals surface area contributed by atoms with E-state index in [9.17, 15) is 4.79 Å². The van der Waals surface area contributed by atoms with Gasteiger partial charge in [0.1, 0.15) is 0 Å². The zero-order valence-corrected chi connectivity index (χ0v) is 17.2. The van der Waals surface area contributed by atoms with Crippen LogP contribution < -0.4 is 4.90 Å². The Morgan fingerprint density at radius 1 is 1.14 bits per heavy atom. The molecule has 1 amide bonds. The zero-order valence-electron chi connectivity index (χ0n) is 17.2. The van der Waals surface area contributed by atoms with Crippen LogP contribution in [-0.4, -0.2) is 55.7 Å². The van der Waals surface area contributed by atoms with Crippen molar-refractivity contribution in [2.45, 2.75) is 38.7 Å². The van der Waals surface area contributed by atoms with Gasteiger partial charge in [0.05, 0.1) is 11.7 Å². The molecular weight excluding hydrogens is 350 g/mol. The Labute approximate surface area is 168 Å². The van der Waals surface area contributed by atoms with Crippen molar-refractivity contribution in [3.8, 4) is 11.1 Å². The molecule has 1 aliphatic heterocycles. The third-order valence-corrected chi connectivity index (χ3v) is 5.22. The summed E-state index contributed by atoms with van der Waals surface area (Å²) in [5, 5.41) is 0. The molecule has 1 aromatic heterocycles. The van der Waals surface area contributed by atoms with Crippen LogP contribution >= 0.6 is 0 Å². The second-order valence-corrected chi connectivity index (χ2v) is 7.62. The molecule has 1 aliphatic rings. The molecule has 2 heterocycles. The molecule has 3 rings (SSSR count). The number of benzene rings is 1. The van der Waals surface area contributed by atoms with Crippen LogP contribution in [-0.2, 0) is 4.74 Å². The highest BCUT2D eigenvalue weighted by molar-refractivity contribution is 5.95. The molecule has 0 N–H and O–H groups in total. The minimum absolute atomic E-state index is 0.0652. The van der Waals surface area contributed by atoms with Crippen molar-refractivity contribution < 1.29 is 9.53 Å². The standard InChI is InChI=1S/C23H31N3O2/c1-4-14-28-22-6-5-12-26(13-11-22)23(27)20-15-19(16-24-17-20)18-7-9-21(10-8-18)25(2)3/h7-10,15-17,22H,4-6,11-14H2,1-3H3. The summed E-state index contributed by atoms with van der Waals surface area (Å²) in [5.41, 5.74) is 3.84. The molecule has 5 nitrogen and oxygen atoms in total. The number of hydrogen-bond donors (Lipinski definition) is 0. The van der Waals surface area contributed by atoms with E-state index in [1.807, 2.05) is 31.3 Å². The lowest BCUT2D eigenvalue weighted by Crippen LogP contribution is -2.32. The van der Waals surface area contributed by atoms with Gasteiger partial charge in [-0.2, -0.15) is 0 Å². The lowest BCUT2D eigenvalue weighted by atomic mass is 10.0. The summed E-state index contributed by atoms with van der Waals surface area (Å²) in [4.78, 5) is 21.4. The first kappa shape index (κ1) is 20.3. The van der Waals surface area contributed by atoms with Crippen molar-refractivity contribution in [2.24, 2.45) is 0 Å². The smallest absolute Gasteiger partial charge is 0.255 e. The molecule has 0 saturated carbocycles. The van der Waals surface area contributed by atoms with E-state index in [-0.39, 0.29) is 12.0 Å². The highest BCUT2D eigenvalue weighted by Crippen LogP contribution is 2.24. The molecule has 150 valence electrons. The zero-order chi connectivity index (χ0) is 19.9. The van der Waals surface area contributed by atoms with E-state index < -0.39 is 0 Å². The van der Waals surface area contributed by atoms with Crippen LogP contribution in [0.2, 0.25) is 0 Å². The first-order valence-corrected chi connectivity index (χ1v) is 10.2. The van der Waals surface area contributed by atoms with Crippen molar-refractivity contribution >= 4 is 11.6 Å². The Morgan fingerprint density at radius 3 is 2.64 bits per heavy atom. The van der Waals surface area contributed by atoms with Gasteiger partial charge in [-0.15, -0.1) is 0 Å². The number of amides is 1. The summed E-state index contributed by atoms with van der Waals surface area (Å²) in [6.45, 7) is 4.46. The van der Waals surface area contributed by atoms with E-state index in [2.05, 4.69) is 41.1 Å². The number of rotatable bonds is 6. The number of anilines is 1. The maximum atomic E-state index is 13.0. The van der Waals surface area contributed by atoms with Crippen LogP contribution in [0.15, 0.2) is 42.7 Å². The number of likely N-dealkylation sites (tertiary alicyclic amines) is 1. The fourth-order valence-corrected chi connectivity index (χ4v) is 3.57. The van der Waals surface area contributed by atoms with E-state index in [4.69, 9.17) is 4.74 Å². The Kier molecular flexibility index (Phi) is 7.04. The van der Waals surface area contributed by atoms with Gasteiger partial charge in [-0.1, -0.05) is 19.1 Å². The molecule has 2 aromatic rings. The van der Waals surface area contributed by atoms with Gasteiger partial charge in [-0.3, -0.25) is 9.78 Å². The monoisotopic (exact) mass is 381 g/mol. The summed E-state index contributed by atoms with van der Waals surface area (Å²) in [5.74, 6) is 0.0652. The Morgan fingerprint density at radius 2 is 1.93 bits per heavy atom. The van der Waals surface area contributed by atoms with Crippen LogP contribution in [0, 0.1) is 0 Å². The SMILES string of the molecule is CCCOC1CCCN(C(=O)c2cncc(-c3ccc(N(C)C)cc3)c2)CC1. The normalized spacial score (nSPS) is 17.2. The van der Waals surface area contributed by atoms with Crippen molar-refractivity contribution in [1.82, 2.24) is 9.88 Å². The van der Waals surface area contributed by atoms with Crippen LogP contribution in [0.4, 0.5) is 5.69 Å². The molecule has 1 aromatic carbocycles. The number of carbonyl (C=O) groups is 1. The van der Waals surface area contributed by atoms with Crippen LogP contribution in [0.25, 0.3) is 11.1 Å². The predicted octanol–water partition coefficient (Wildman–Crippen LogP) is 4.24. The number of ether oxygens (including phenoxy) is 1. The van der Waals surface area contributed by atoms with E-state index in [0.717, 1.165) is 62.2 Å². The minimum atomic E-state index is 0.0652. The van der Waals surface area contributed by atoms with E-state index >= 15 is 0 Å². The maximum Gasteiger partial charge on any atom is 0.255 e. The van der Waals surface area contributed by atoms with Gasteiger partial charge in [-0.25, -0.2) is 0 Å². The van der Waals surface area contributed by atoms with Crippen molar-refractivity contribution in [3.63, 3.8) is 0 Å². The predicted molar refractivity (Wildman–Crippen MR) is 114 cm³/mol. The van der Waals surface area contributed by atoms with Gasteiger partial charge < -0.3 is 14.5 Å². The number of pyridine rings is 1. The largest absolute Gasteiger partial charge is 0.378 e. The number of carbonyl (C=O) groups excluding carboxylic acids is 1. The Bertz CT molecular complexity index is 774. The molecular formula is C23H31N3O2. The van der Waals surface area contributed by atoms with E-state index in [1.165, 1.54) is 0 Å². The molecule has 1 atom stereocenters. The van der Waals surface area contributed by atoms with Crippen LogP contribution in [0.3, 0.4) is 0 Å². The highest BCUT2D eigenvalue weighted by Gasteiger charge is 2.22. The van der Waals surface area contributed by atoms with E-state index in [0.29, 0.717) is 5.56 Å². The minimum Gasteiger partial charge on any atom is -0.378 e. The van der Waals surface area contributed by atoms with E-state index in [1.54, 1.807) is 6.20 Å². The van der Waals surface area contributed by atoms with Crippen molar-refractivity contribution in [3.05, 3.63) is 48.3 Å². The number of aromatic nitrogens is 1. The highest BCUT2D eigenvalue weighted by atomic mass is 16.5. The summed E-state index contributed by atoms with van der Waals surface area (Å²) in [6, 6.07) is 10.3. The lowest BCUT2D eigenvalue weighted by molar-refractivity contribution is 0.0432. The van der Waals surface area contributed by atoms with Gasteiger partial charge in [0.15, 0.2) is 0 Å². The van der Waals surface area contributed by atoms with Gasteiger partial charge in [0, 0.05) is 57.4 Å². The summed E-state index contributed by atoms with van der Waals surface area (Å²) in [7, 11) is 4.05. The Balaban J connectivity index is 1.70. The average molecular weight is 382 g/mol. The third kappa shape index (κ3) is 5.10. The second kappa shape index (κ2) is 9.69. The molecule has 1 saturated heterocycles. The number of hydrogen-bond acceptors (Lipinski definition) is 4. The molecule has 1 fully saturated rings. The van der Waals surface area contributed by atoms with Crippen molar-refractivity contribution in [1.29, 1.82) is 0 Å². The first-order valence-electron chi connectivity index (χ1n) is 10.2. The number of nitrogens with zero attached hydrogens (tertiary/aromatic N) is 3. The Hall–Kier alpha value is -2.40. The third-order valence-electron chi connectivity index (χ3n) is 5.22. The molecule has 0 aliphatic carbocycles. The summed E-state index contributed by atoms with van der Waals surface area (Å²) < 4.78 is 5.90. The van der Waals surface area contributed by atoms with Gasteiger partial charge in [0.25, 0.3) is 5.91 Å². The summed E-state index contributed by atoms with van der Waals surface area (Å²) >= 11 is 0. The first-order chi connectivity index (χ1) is 13.6. The van der Waals surface area contributed by atoms with Gasteiger partial charge in [0.2, 0.25) is 0 Å². The van der Waals surface area contributed by atoms with Gasteiger partial charge in [-0.05, 0) is 49.4 Å². The fourth-order valence-electron chi connectivity index (χ4n) is 3.57. The average Bonchev–Trinajstić information content (AvgIpc) is 2.97. The van der Waals surface area contributed by atoms with Crippen LogP contribution in [0.1, 0.15) is 43.0 Å². The quantitative estimate of drug-likeness (QED) is 0.751. The molecule has 0 spiro atoms. The van der Waals surface area contributed by atoms with Crippen molar-refractivity contribution in [2.75, 3.05) is 38.7 Å². The molecule has 1 unspecified atom stereocenters.